The maximum absolute atomic E-state index is 11.9. The van der Waals surface area contributed by atoms with Crippen molar-refractivity contribution in [2.24, 2.45) is 0 Å². The first-order valence-corrected chi connectivity index (χ1v) is 8.40. The highest BCUT2D eigenvalue weighted by Crippen LogP contribution is 2.20. The van der Waals surface area contributed by atoms with Gasteiger partial charge in [-0.25, -0.2) is 9.48 Å². The number of hydrogen-bond donors (Lipinski definition) is 2. The van der Waals surface area contributed by atoms with Gasteiger partial charge in [-0.05, 0) is 52.2 Å². The molecule has 0 unspecified atom stereocenters. The molecule has 0 atom stereocenters. The molecular formula is C18H17BrN4O. The number of nitrogens with one attached hydrogen (secondary N) is 2. The third-order valence-corrected chi connectivity index (χ3v) is 4.17. The Morgan fingerprint density at radius 1 is 1.08 bits per heavy atom. The molecule has 2 amide bonds. The molecule has 0 spiro atoms. The number of halogens is 1. The summed E-state index contributed by atoms with van der Waals surface area (Å²) in [5, 5.41) is 10.0. The number of carbonyl (C=O) groups excluding carboxylic acids is 1. The number of hydrogen-bond acceptors (Lipinski definition) is 2. The first kappa shape index (κ1) is 16.3. The minimum atomic E-state index is -0.225. The molecular weight excluding hydrogens is 368 g/mol. The van der Waals surface area contributed by atoms with E-state index in [1.807, 2.05) is 71.7 Å². The predicted molar refractivity (Wildman–Crippen MR) is 98.4 cm³/mol. The quantitative estimate of drug-likeness (QED) is 0.698. The summed E-state index contributed by atoms with van der Waals surface area (Å²) in [6, 6.07) is 17.2. The fraction of sp³-hybridized carbons (Fsp3) is 0.111. The van der Waals surface area contributed by atoms with Gasteiger partial charge in [-0.1, -0.05) is 30.3 Å². The van der Waals surface area contributed by atoms with E-state index < -0.39 is 0 Å². The molecule has 0 aliphatic heterocycles. The van der Waals surface area contributed by atoms with Gasteiger partial charge in [0, 0.05) is 17.2 Å². The van der Waals surface area contributed by atoms with Crippen molar-refractivity contribution in [2.75, 3.05) is 11.9 Å². The van der Waals surface area contributed by atoms with Gasteiger partial charge in [0.15, 0.2) is 0 Å². The highest BCUT2D eigenvalue weighted by Gasteiger charge is 2.05. The van der Waals surface area contributed by atoms with Gasteiger partial charge in [-0.3, -0.25) is 0 Å². The van der Waals surface area contributed by atoms with Crippen molar-refractivity contribution in [3.8, 4) is 5.69 Å². The molecule has 5 nitrogen and oxygen atoms in total. The summed E-state index contributed by atoms with van der Waals surface area (Å²) in [5.74, 6) is 0. The minimum absolute atomic E-state index is 0.225. The molecule has 0 aliphatic rings. The summed E-state index contributed by atoms with van der Waals surface area (Å²) in [6.45, 7) is 0.538. The molecule has 2 N–H and O–H groups in total. The van der Waals surface area contributed by atoms with Crippen molar-refractivity contribution in [2.45, 2.75) is 6.42 Å². The van der Waals surface area contributed by atoms with Crippen LogP contribution in [-0.4, -0.2) is 22.4 Å². The van der Waals surface area contributed by atoms with Crippen LogP contribution in [0, 0.1) is 0 Å². The fourth-order valence-electron chi connectivity index (χ4n) is 2.26. The molecule has 0 saturated heterocycles. The van der Waals surface area contributed by atoms with Crippen LogP contribution < -0.4 is 10.6 Å². The van der Waals surface area contributed by atoms with Crippen molar-refractivity contribution in [3.05, 3.63) is 77.0 Å². The molecule has 1 heterocycles. The number of nitrogens with zero attached hydrogens (tertiary/aromatic N) is 2. The second-order valence-corrected chi connectivity index (χ2v) is 6.09. The Balaban J connectivity index is 1.49. The molecule has 3 aromatic rings. The lowest BCUT2D eigenvalue weighted by Gasteiger charge is -2.08. The molecule has 3 rings (SSSR count). The Morgan fingerprint density at radius 3 is 2.62 bits per heavy atom. The Bertz CT molecular complexity index is 817. The van der Waals surface area contributed by atoms with Crippen LogP contribution in [0.15, 0.2) is 71.5 Å². The molecule has 0 saturated carbocycles. The van der Waals surface area contributed by atoms with Crippen LogP contribution in [0.3, 0.4) is 0 Å². The average molecular weight is 385 g/mol. The Hall–Kier alpha value is -2.60. The Labute approximate surface area is 148 Å². The van der Waals surface area contributed by atoms with E-state index in [1.165, 1.54) is 0 Å². The van der Waals surface area contributed by atoms with Gasteiger partial charge in [-0.15, -0.1) is 0 Å². The number of rotatable bonds is 5. The summed E-state index contributed by atoms with van der Waals surface area (Å²) in [7, 11) is 0. The van der Waals surface area contributed by atoms with E-state index in [1.54, 1.807) is 0 Å². The van der Waals surface area contributed by atoms with Gasteiger partial charge >= 0.3 is 6.03 Å². The molecule has 122 valence electrons. The van der Waals surface area contributed by atoms with Gasteiger partial charge < -0.3 is 10.6 Å². The van der Waals surface area contributed by atoms with Gasteiger partial charge in [-0.2, -0.15) is 5.10 Å². The van der Waals surface area contributed by atoms with E-state index in [2.05, 4.69) is 31.7 Å². The molecule has 0 bridgehead atoms. The number of aromatic nitrogens is 2. The summed E-state index contributed by atoms with van der Waals surface area (Å²) in [4.78, 5) is 11.9. The molecule has 24 heavy (non-hydrogen) atoms. The van der Waals surface area contributed by atoms with E-state index in [4.69, 9.17) is 0 Å². The van der Waals surface area contributed by atoms with Crippen LogP contribution in [-0.2, 0) is 6.42 Å². The van der Waals surface area contributed by atoms with Crippen molar-refractivity contribution < 1.29 is 4.79 Å². The zero-order chi connectivity index (χ0) is 16.8. The lowest BCUT2D eigenvalue weighted by Crippen LogP contribution is -2.30. The van der Waals surface area contributed by atoms with Crippen LogP contribution in [0.5, 0.6) is 0 Å². The standard InChI is InChI=1S/C18H17BrN4O/c19-16-8-4-5-9-17(16)22-18(24)20-11-10-14-12-21-23(13-14)15-6-2-1-3-7-15/h1-9,12-13H,10-11H2,(H2,20,22,24). The largest absolute Gasteiger partial charge is 0.338 e. The van der Waals surface area contributed by atoms with Crippen LogP contribution in [0.4, 0.5) is 10.5 Å². The third-order valence-electron chi connectivity index (χ3n) is 3.48. The summed E-state index contributed by atoms with van der Waals surface area (Å²) < 4.78 is 2.68. The first-order chi connectivity index (χ1) is 11.7. The number of amides is 2. The maximum atomic E-state index is 11.9. The molecule has 0 aliphatic carbocycles. The van der Waals surface area contributed by atoms with Crippen molar-refractivity contribution in [1.29, 1.82) is 0 Å². The van der Waals surface area contributed by atoms with Gasteiger partial charge in [0.1, 0.15) is 0 Å². The number of benzene rings is 2. The molecule has 0 fully saturated rings. The highest BCUT2D eigenvalue weighted by atomic mass is 79.9. The van der Waals surface area contributed by atoms with Crippen LogP contribution in [0.2, 0.25) is 0 Å². The van der Waals surface area contributed by atoms with Crippen molar-refractivity contribution in [3.63, 3.8) is 0 Å². The number of carbonyl (C=O) groups is 1. The maximum Gasteiger partial charge on any atom is 0.319 e. The Morgan fingerprint density at radius 2 is 1.83 bits per heavy atom. The van der Waals surface area contributed by atoms with Crippen molar-refractivity contribution >= 4 is 27.6 Å². The van der Waals surface area contributed by atoms with Crippen LogP contribution in [0.25, 0.3) is 5.69 Å². The zero-order valence-electron chi connectivity index (χ0n) is 12.9. The van der Waals surface area contributed by atoms with Gasteiger partial charge in [0.05, 0.1) is 17.6 Å². The van der Waals surface area contributed by atoms with Crippen LogP contribution in [0.1, 0.15) is 5.56 Å². The van der Waals surface area contributed by atoms with E-state index in [-0.39, 0.29) is 6.03 Å². The lowest BCUT2D eigenvalue weighted by atomic mass is 10.2. The molecule has 6 heteroatoms. The second-order valence-electron chi connectivity index (χ2n) is 5.24. The highest BCUT2D eigenvalue weighted by molar-refractivity contribution is 9.10. The van der Waals surface area contributed by atoms with E-state index in [0.717, 1.165) is 27.8 Å². The fourth-order valence-corrected chi connectivity index (χ4v) is 2.64. The summed E-state index contributed by atoms with van der Waals surface area (Å²) in [6.07, 6.45) is 4.51. The molecule has 0 radical (unpaired) electrons. The summed E-state index contributed by atoms with van der Waals surface area (Å²) >= 11 is 3.40. The first-order valence-electron chi connectivity index (χ1n) is 7.61. The second kappa shape index (κ2) is 7.79. The predicted octanol–water partition coefficient (Wildman–Crippen LogP) is 4.00. The van der Waals surface area contributed by atoms with Crippen molar-refractivity contribution in [1.82, 2.24) is 15.1 Å². The topological polar surface area (TPSA) is 59.0 Å². The Kier molecular flexibility index (Phi) is 5.28. The molecule has 2 aromatic carbocycles. The number of anilines is 1. The van der Waals surface area contributed by atoms with E-state index in [0.29, 0.717) is 6.54 Å². The van der Waals surface area contributed by atoms with Gasteiger partial charge in [0.25, 0.3) is 0 Å². The smallest absolute Gasteiger partial charge is 0.319 e. The van der Waals surface area contributed by atoms with E-state index in [9.17, 15) is 4.79 Å². The van der Waals surface area contributed by atoms with Gasteiger partial charge in [0.2, 0.25) is 0 Å². The monoisotopic (exact) mass is 384 g/mol. The molecule has 1 aromatic heterocycles. The van der Waals surface area contributed by atoms with E-state index >= 15 is 0 Å². The number of para-hydroxylation sites is 2. The number of urea groups is 1. The minimum Gasteiger partial charge on any atom is -0.338 e. The third kappa shape index (κ3) is 4.23. The normalized spacial score (nSPS) is 10.4. The average Bonchev–Trinajstić information content (AvgIpc) is 3.07. The van der Waals surface area contributed by atoms with Crippen LogP contribution >= 0.6 is 15.9 Å². The lowest BCUT2D eigenvalue weighted by molar-refractivity contribution is 0.252. The SMILES string of the molecule is O=C(NCCc1cnn(-c2ccccc2)c1)Nc1ccccc1Br. The zero-order valence-corrected chi connectivity index (χ0v) is 14.5. The summed E-state index contributed by atoms with van der Waals surface area (Å²) in [5.41, 5.74) is 2.83.